The molecular weight excluding hydrogens is 236 g/mol. The number of nitrogens with zero attached hydrogens (tertiary/aromatic N) is 1. The van der Waals surface area contributed by atoms with Crippen LogP contribution in [0.4, 0.5) is 5.69 Å². The van der Waals surface area contributed by atoms with E-state index in [-0.39, 0.29) is 11.3 Å². The highest BCUT2D eigenvalue weighted by Gasteiger charge is 2.21. The predicted octanol–water partition coefficient (Wildman–Crippen LogP) is 3.08. The molecule has 0 unspecified atom stereocenters. The molecule has 3 heteroatoms. The Labute approximate surface area is 116 Å². The molecule has 0 aromatic heterocycles. The molecule has 1 aromatic carbocycles. The fourth-order valence-electron chi connectivity index (χ4n) is 2.12. The van der Waals surface area contributed by atoms with Crippen LogP contribution in [0.2, 0.25) is 0 Å². The molecule has 0 bridgehead atoms. The zero-order valence-corrected chi connectivity index (χ0v) is 12.6. The van der Waals surface area contributed by atoms with Crippen molar-refractivity contribution in [2.24, 2.45) is 5.73 Å². The van der Waals surface area contributed by atoms with E-state index < -0.39 is 0 Å². The van der Waals surface area contributed by atoms with Crippen LogP contribution in [0.15, 0.2) is 24.3 Å². The maximum absolute atomic E-state index is 12.2. The lowest BCUT2D eigenvalue weighted by atomic mass is 9.85. The van der Waals surface area contributed by atoms with Gasteiger partial charge in [-0.25, -0.2) is 0 Å². The summed E-state index contributed by atoms with van der Waals surface area (Å²) in [5.74, 6) is 0.158. The van der Waals surface area contributed by atoms with Crippen LogP contribution in [-0.4, -0.2) is 19.5 Å². The Morgan fingerprint density at radius 3 is 2.42 bits per heavy atom. The van der Waals surface area contributed by atoms with E-state index in [9.17, 15) is 4.79 Å². The van der Waals surface area contributed by atoms with E-state index in [1.807, 2.05) is 25.2 Å². The summed E-state index contributed by atoms with van der Waals surface area (Å²) in [6.45, 7) is 7.14. The zero-order chi connectivity index (χ0) is 14.5. The van der Waals surface area contributed by atoms with Gasteiger partial charge in [0.05, 0.1) is 0 Å². The first-order chi connectivity index (χ1) is 8.88. The van der Waals surface area contributed by atoms with Gasteiger partial charge in [-0.15, -0.1) is 0 Å². The van der Waals surface area contributed by atoms with Gasteiger partial charge in [-0.05, 0) is 36.4 Å². The lowest BCUT2D eigenvalue weighted by Crippen LogP contribution is -2.29. The molecule has 0 aliphatic rings. The minimum absolute atomic E-state index is 0.0302. The van der Waals surface area contributed by atoms with Crippen LogP contribution in [0.25, 0.3) is 0 Å². The minimum atomic E-state index is 0.0302. The second kappa shape index (κ2) is 6.71. The van der Waals surface area contributed by atoms with Crippen molar-refractivity contribution in [2.45, 2.75) is 45.4 Å². The molecule has 0 saturated carbocycles. The third kappa shape index (κ3) is 4.35. The number of hydrogen-bond donors (Lipinski definition) is 1. The molecule has 0 radical (unpaired) electrons. The Hall–Kier alpha value is -1.35. The Kier molecular flexibility index (Phi) is 5.55. The van der Waals surface area contributed by atoms with Crippen molar-refractivity contribution in [1.82, 2.24) is 0 Å². The van der Waals surface area contributed by atoms with Crippen LogP contribution >= 0.6 is 0 Å². The normalized spacial score (nSPS) is 11.4. The molecule has 19 heavy (non-hydrogen) atoms. The van der Waals surface area contributed by atoms with Crippen molar-refractivity contribution >= 4 is 11.6 Å². The van der Waals surface area contributed by atoms with Crippen LogP contribution in [0, 0.1) is 0 Å². The van der Waals surface area contributed by atoms with Crippen LogP contribution < -0.4 is 10.6 Å². The van der Waals surface area contributed by atoms with Crippen molar-refractivity contribution in [3.05, 3.63) is 29.8 Å². The van der Waals surface area contributed by atoms with Gasteiger partial charge in [0.15, 0.2) is 0 Å². The Balaban J connectivity index is 2.87. The van der Waals surface area contributed by atoms with Crippen LogP contribution in [0.1, 0.15) is 45.6 Å². The maximum atomic E-state index is 12.2. The van der Waals surface area contributed by atoms with Crippen molar-refractivity contribution in [1.29, 1.82) is 0 Å². The lowest BCUT2D eigenvalue weighted by Gasteiger charge is -2.27. The van der Waals surface area contributed by atoms with E-state index >= 15 is 0 Å². The van der Waals surface area contributed by atoms with Crippen molar-refractivity contribution < 1.29 is 4.79 Å². The van der Waals surface area contributed by atoms with Crippen molar-refractivity contribution in [3.63, 3.8) is 0 Å². The first-order valence-electron chi connectivity index (χ1n) is 6.94. The summed E-state index contributed by atoms with van der Waals surface area (Å²) in [6.07, 6.45) is 2.32. The molecule has 0 heterocycles. The first kappa shape index (κ1) is 15.7. The van der Waals surface area contributed by atoms with Gasteiger partial charge < -0.3 is 10.6 Å². The largest absolute Gasteiger partial charge is 0.330 e. The number of rotatable bonds is 5. The number of nitrogens with two attached hydrogens (primary N) is 1. The summed E-state index contributed by atoms with van der Waals surface area (Å²) in [6, 6.07) is 8.12. The number of carbonyl (C=O) groups is 1. The molecule has 0 spiro atoms. The fraction of sp³-hybridized carbons (Fsp3) is 0.562. The van der Waals surface area contributed by atoms with Crippen molar-refractivity contribution in [3.8, 4) is 0 Å². The number of carbonyl (C=O) groups excluding carboxylic acids is 1. The van der Waals surface area contributed by atoms with Gasteiger partial charge in [0, 0.05) is 19.2 Å². The van der Waals surface area contributed by atoms with Crippen molar-refractivity contribution in [2.75, 3.05) is 18.5 Å². The Bertz CT molecular complexity index is 421. The summed E-state index contributed by atoms with van der Waals surface area (Å²) < 4.78 is 0. The third-order valence-corrected chi connectivity index (χ3v) is 3.29. The average Bonchev–Trinajstić information content (AvgIpc) is 2.37. The molecule has 3 nitrogen and oxygen atoms in total. The van der Waals surface area contributed by atoms with E-state index in [0.717, 1.165) is 18.5 Å². The molecule has 2 N–H and O–H groups in total. The van der Waals surface area contributed by atoms with E-state index in [2.05, 4.69) is 26.8 Å². The van der Waals surface area contributed by atoms with E-state index in [1.165, 1.54) is 5.56 Å². The zero-order valence-electron chi connectivity index (χ0n) is 12.6. The standard InChI is InChI=1S/C16H26N2O/c1-16(2,3)13-9-5-6-10-14(13)18(4)15(19)11-7-8-12-17/h5-6,9-10H,7-8,11-12,17H2,1-4H3. The van der Waals surface area contributed by atoms with Crippen LogP contribution in [-0.2, 0) is 10.2 Å². The lowest BCUT2D eigenvalue weighted by molar-refractivity contribution is -0.118. The molecule has 0 fully saturated rings. The summed E-state index contributed by atoms with van der Waals surface area (Å²) >= 11 is 0. The number of unbranched alkanes of at least 4 members (excludes halogenated alkanes) is 1. The number of benzene rings is 1. The number of amides is 1. The maximum Gasteiger partial charge on any atom is 0.226 e. The molecule has 106 valence electrons. The molecule has 1 amide bonds. The molecule has 0 saturated heterocycles. The summed E-state index contributed by atoms with van der Waals surface area (Å²) in [5, 5.41) is 0. The SMILES string of the molecule is CN(C(=O)CCCCN)c1ccccc1C(C)(C)C. The highest BCUT2D eigenvalue weighted by atomic mass is 16.2. The highest BCUT2D eigenvalue weighted by molar-refractivity contribution is 5.93. The summed E-state index contributed by atoms with van der Waals surface area (Å²) in [5.41, 5.74) is 7.69. The second-order valence-corrected chi connectivity index (χ2v) is 5.97. The van der Waals surface area contributed by atoms with E-state index in [4.69, 9.17) is 5.73 Å². The number of hydrogen-bond acceptors (Lipinski definition) is 2. The highest BCUT2D eigenvalue weighted by Crippen LogP contribution is 2.31. The quantitative estimate of drug-likeness (QED) is 0.829. The van der Waals surface area contributed by atoms with Gasteiger partial charge in [-0.2, -0.15) is 0 Å². The summed E-state index contributed by atoms with van der Waals surface area (Å²) in [4.78, 5) is 14.0. The molecular formula is C16H26N2O. The smallest absolute Gasteiger partial charge is 0.226 e. The van der Waals surface area contributed by atoms with E-state index in [1.54, 1.807) is 4.90 Å². The second-order valence-electron chi connectivity index (χ2n) is 5.97. The van der Waals surface area contributed by atoms with Gasteiger partial charge in [0.25, 0.3) is 0 Å². The molecule has 0 aliphatic carbocycles. The average molecular weight is 262 g/mol. The van der Waals surface area contributed by atoms with Gasteiger partial charge in [0.1, 0.15) is 0 Å². The summed E-state index contributed by atoms with van der Waals surface area (Å²) in [7, 11) is 1.86. The molecule has 1 rings (SSSR count). The number of para-hydroxylation sites is 1. The number of anilines is 1. The Morgan fingerprint density at radius 1 is 1.21 bits per heavy atom. The molecule has 1 aromatic rings. The minimum Gasteiger partial charge on any atom is -0.330 e. The van der Waals surface area contributed by atoms with Gasteiger partial charge in [-0.1, -0.05) is 39.0 Å². The van der Waals surface area contributed by atoms with Gasteiger partial charge in [0.2, 0.25) is 5.91 Å². The van der Waals surface area contributed by atoms with Gasteiger partial charge >= 0.3 is 0 Å². The van der Waals surface area contributed by atoms with Gasteiger partial charge in [-0.3, -0.25) is 4.79 Å². The third-order valence-electron chi connectivity index (χ3n) is 3.29. The molecule has 0 aliphatic heterocycles. The van der Waals surface area contributed by atoms with Crippen LogP contribution in [0.3, 0.4) is 0 Å². The topological polar surface area (TPSA) is 46.3 Å². The fourth-order valence-corrected chi connectivity index (χ4v) is 2.12. The molecule has 0 atom stereocenters. The monoisotopic (exact) mass is 262 g/mol. The predicted molar refractivity (Wildman–Crippen MR) is 81.5 cm³/mol. The first-order valence-corrected chi connectivity index (χ1v) is 6.94. The van der Waals surface area contributed by atoms with Crippen LogP contribution in [0.5, 0.6) is 0 Å². The van der Waals surface area contributed by atoms with E-state index in [0.29, 0.717) is 13.0 Å². The Morgan fingerprint density at radius 2 is 1.84 bits per heavy atom.